The minimum absolute atomic E-state index is 0.0277. The first kappa shape index (κ1) is 17.4. The molecule has 4 aliphatic rings. The first-order valence-electron chi connectivity index (χ1n) is 10.4. The summed E-state index contributed by atoms with van der Waals surface area (Å²) in [5, 5.41) is 11.0. The summed E-state index contributed by atoms with van der Waals surface area (Å²) in [6, 6.07) is 4.64. The molecule has 3 heterocycles. The van der Waals surface area contributed by atoms with E-state index in [9.17, 15) is 9.90 Å². The molecule has 146 valence electrons. The normalized spacial score (nSPS) is 36.9. The topological polar surface area (TPSA) is 53.0 Å². The van der Waals surface area contributed by atoms with Crippen molar-refractivity contribution in [1.29, 1.82) is 0 Å². The summed E-state index contributed by atoms with van der Waals surface area (Å²) in [5.41, 5.74) is 2.17. The summed E-state index contributed by atoms with van der Waals surface area (Å²) in [4.78, 5) is 17.4. The second-order valence-electron chi connectivity index (χ2n) is 9.00. The van der Waals surface area contributed by atoms with Gasteiger partial charge in [0.2, 0.25) is 5.91 Å². The smallest absolute Gasteiger partial charge is 0.224 e. The largest absolute Gasteiger partial charge is 0.503 e. The van der Waals surface area contributed by atoms with Crippen molar-refractivity contribution in [1.82, 2.24) is 4.90 Å². The Morgan fingerprint density at radius 2 is 2.11 bits per heavy atom. The molecule has 0 aromatic heterocycles. The molecular weight excluding hydrogens is 340 g/mol. The van der Waals surface area contributed by atoms with Gasteiger partial charge in [0.15, 0.2) is 11.5 Å². The number of piperidine rings is 1. The van der Waals surface area contributed by atoms with Crippen LogP contribution in [-0.4, -0.2) is 48.2 Å². The van der Waals surface area contributed by atoms with Crippen molar-refractivity contribution in [3.05, 3.63) is 17.7 Å². The standard InChI is InChI=1S/C22H30N2O3/c1-4-21-9-5-12-23-13-11-22(20(21)23)15-6-7-16(27-3)19(26)18(15)24(14(2)25)17(22)8-10-21/h6-7,17,20,26H,4-5,8-13H2,1-3H3/t17-,20+,21-,22+/m1/s1. The number of methoxy groups -OCH3 is 1. The maximum atomic E-state index is 12.8. The molecule has 1 aromatic rings. The fraction of sp³-hybridized carbons (Fsp3) is 0.682. The molecule has 0 unspecified atom stereocenters. The summed E-state index contributed by atoms with van der Waals surface area (Å²) in [6.07, 6.45) is 7.03. The Balaban J connectivity index is 1.77. The van der Waals surface area contributed by atoms with Crippen LogP contribution in [0.3, 0.4) is 0 Å². The molecule has 2 saturated heterocycles. The number of nitrogens with zero attached hydrogens (tertiary/aromatic N) is 2. The monoisotopic (exact) mass is 370 g/mol. The van der Waals surface area contributed by atoms with Gasteiger partial charge in [-0.3, -0.25) is 9.69 Å². The molecule has 4 atom stereocenters. The highest BCUT2D eigenvalue weighted by Gasteiger charge is 2.68. The van der Waals surface area contributed by atoms with Gasteiger partial charge in [0.1, 0.15) is 0 Å². The van der Waals surface area contributed by atoms with Gasteiger partial charge in [0, 0.05) is 24.4 Å². The number of hydrogen-bond donors (Lipinski definition) is 1. The third-order valence-corrected chi connectivity index (χ3v) is 8.31. The van der Waals surface area contributed by atoms with Crippen molar-refractivity contribution in [2.24, 2.45) is 5.41 Å². The second-order valence-corrected chi connectivity index (χ2v) is 9.00. The third-order valence-electron chi connectivity index (χ3n) is 8.31. The van der Waals surface area contributed by atoms with Crippen LogP contribution in [0.1, 0.15) is 57.9 Å². The number of phenols is 1. The highest BCUT2D eigenvalue weighted by atomic mass is 16.5. The number of phenolic OH excluding ortho intramolecular Hbond substituents is 1. The lowest BCUT2D eigenvalue weighted by Gasteiger charge is -2.58. The molecule has 3 aliphatic heterocycles. The van der Waals surface area contributed by atoms with Gasteiger partial charge >= 0.3 is 0 Å². The number of carbonyl (C=O) groups excluding carboxylic acids is 1. The summed E-state index contributed by atoms with van der Waals surface area (Å²) in [6.45, 7) is 6.25. The van der Waals surface area contributed by atoms with Gasteiger partial charge in [0.05, 0.1) is 12.8 Å². The Bertz CT molecular complexity index is 809. The highest BCUT2D eigenvalue weighted by Crippen LogP contribution is 2.67. The number of aromatic hydroxyl groups is 1. The molecule has 1 aromatic carbocycles. The molecular formula is C22H30N2O3. The zero-order valence-corrected chi connectivity index (χ0v) is 16.6. The van der Waals surface area contributed by atoms with E-state index in [4.69, 9.17) is 4.74 Å². The number of anilines is 1. The van der Waals surface area contributed by atoms with Crippen molar-refractivity contribution in [2.45, 2.75) is 69.9 Å². The number of rotatable bonds is 2. The van der Waals surface area contributed by atoms with Gasteiger partial charge in [-0.15, -0.1) is 0 Å². The molecule has 5 nitrogen and oxygen atoms in total. The molecule has 0 radical (unpaired) electrons. The van der Waals surface area contributed by atoms with Gasteiger partial charge in [-0.25, -0.2) is 0 Å². The van der Waals surface area contributed by atoms with Crippen molar-refractivity contribution in [3.63, 3.8) is 0 Å². The summed E-state index contributed by atoms with van der Waals surface area (Å²) in [5.74, 6) is 0.612. The number of ether oxygens (including phenoxy) is 1. The fourth-order valence-electron chi connectivity index (χ4n) is 7.40. The number of carbonyl (C=O) groups is 1. The van der Waals surface area contributed by atoms with Crippen molar-refractivity contribution in [2.75, 3.05) is 25.1 Å². The first-order valence-corrected chi connectivity index (χ1v) is 10.4. The SMILES string of the molecule is CC[C@@]12CCCN3CC[C@@]4(c5ccc(OC)c(O)c5N(C(C)=O)[C@@H]4CC1)[C@@H]32. The van der Waals surface area contributed by atoms with Crippen LogP contribution in [0.2, 0.25) is 0 Å². The van der Waals surface area contributed by atoms with E-state index >= 15 is 0 Å². The van der Waals surface area contributed by atoms with Gasteiger partial charge < -0.3 is 14.7 Å². The van der Waals surface area contributed by atoms with Crippen LogP contribution < -0.4 is 9.64 Å². The Hall–Kier alpha value is -1.75. The van der Waals surface area contributed by atoms with E-state index in [1.807, 2.05) is 11.0 Å². The van der Waals surface area contributed by atoms with Crippen LogP contribution in [0.5, 0.6) is 11.5 Å². The number of benzene rings is 1. The van der Waals surface area contributed by atoms with Gasteiger partial charge in [-0.1, -0.05) is 13.0 Å². The van der Waals surface area contributed by atoms with Crippen molar-refractivity contribution >= 4 is 11.6 Å². The average molecular weight is 370 g/mol. The zero-order valence-electron chi connectivity index (χ0n) is 16.6. The summed E-state index contributed by atoms with van der Waals surface area (Å²) >= 11 is 0. The number of fused-ring (bicyclic) bond motifs is 1. The van der Waals surface area contributed by atoms with E-state index in [1.165, 1.54) is 37.8 Å². The molecule has 3 fully saturated rings. The molecule has 5 heteroatoms. The predicted octanol–water partition coefficient (Wildman–Crippen LogP) is 3.43. The van der Waals surface area contributed by atoms with Crippen LogP contribution >= 0.6 is 0 Å². The molecule has 27 heavy (non-hydrogen) atoms. The lowest BCUT2D eigenvalue weighted by molar-refractivity contribution is -0.118. The van der Waals surface area contributed by atoms with E-state index in [2.05, 4.69) is 17.9 Å². The van der Waals surface area contributed by atoms with E-state index in [0.717, 1.165) is 19.4 Å². The van der Waals surface area contributed by atoms with Gasteiger partial charge in [0.25, 0.3) is 0 Å². The second kappa shape index (κ2) is 5.63. The lowest BCUT2D eigenvalue weighted by Crippen LogP contribution is -2.65. The minimum atomic E-state index is -0.0561. The first-order chi connectivity index (χ1) is 13.0. The highest BCUT2D eigenvalue weighted by molar-refractivity contribution is 5.98. The van der Waals surface area contributed by atoms with E-state index < -0.39 is 0 Å². The van der Waals surface area contributed by atoms with Crippen LogP contribution in [-0.2, 0) is 10.2 Å². The average Bonchev–Trinajstić information content (AvgIpc) is 3.20. The van der Waals surface area contributed by atoms with Gasteiger partial charge in [-0.2, -0.15) is 0 Å². The van der Waals surface area contributed by atoms with Gasteiger partial charge in [-0.05, 0) is 68.7 Å². The third kappa shape index (κ3) is 1.91. The van der Waals surface area contributed by atoms with Crippen LogP contribution in [0.4, 0.5) is 5.69 Å². The maximum absolute atomic E-state index is 12.8. The minimum Gasteiger partial charge on any atom is -0.503 e. The fourth-order valence-corrected chi connectivity index (χ4v) is 7.40. The zero-order chi connectivity index (χ0) is 19.0. The molecule has 1 N–H and O–H groups in total. The molecule has 1 saturated carbocycles. The Morgan fingerprint density at radius 1 is 1.30 bits per heavy atom. The van der Waals surface area contributed by atoms with E-state index in [-0.39, 0.29) is 23.1 Å². The van der Waals surface area contributed by atoms with Crippen molar-refractivity contribution < 1.29 is 14.6 Å². The maximum Gasteiger partial charge on any atom is 0.224 e. The quantitative estimate of drug-likeness (QED) is 0.867. The lowest BCUT2D eigenvalue weighted by atomic mass is 9.52. The summed E-state index contributed by atoms with van der Waals surface area (Å²) in [7, 11) is 1.57. The van der Waals surface area contributed by atoms with Crippen LogP contribution in [0.15, 0.2) is 12.1 Å². The summed E-state index contributed by atoms with van der Waals surface area (Å²) < 4.78 is 5.38. The molecule has 0 bridgehead atoms. The Labute approximate surface area is 161 Å². The molecule has 1 aliphatic carbocycles. The van der Waals surface area contributed by atoms with Crippen LogP contribution in [0, 0.1) is 5.41 Å². The predicted molar refractivity (Wildman–Crippen MR) is 104 cm³/mol. The Kier molecular flexibility index (Phi) is 3.62. The van der Waals surface area contributed by atoms with E-state index in [0.29, 0.717) is 22.9 Å². The number of amides is 1. The number of hydrogen-bond acceptors (Lipinski definition) is 4. The molecule has 1 amide bonds. The van der Waals surface area contributed by atoms with E-state index in [1.54, 1.807) is 14.0 Å². The molecule has 1 spiro atoms. The Morgan fingerprint density at radius 3 is 2.81 bits per heavy atom. The molecule has 5 rings (SSSR count). The van der Waals surface area contributed by atoms with Crippen molar-refractivity contribution in [3.8, 4) is 11.5 Å². The van der Waals surface area contributed by atoms with Crippen LogP contribution in [0.25, 0.3) is 0 Å².